The summed E-state index contributed by atoms with van der Waals surface area (Å²) in [6, 6.07) is 5.77. The molecule has 100 valence electrons. The van der Waals surface area contributed by atoms with Crippen LogP contribution >= 0.6 is 15.9 Å². The fraction of sp³-hybridized carbons (Fsp3) is 0.385. The first kappa shape index (κ1) is 12.6. The number of halogens is 1. The number of benzene rings is 1. The molecular formula is C13H15BrN4O. The lowest BCUT2D eigenvalue weighted by Gasteiger charge is -2.24. The van der Waals surface area contributed by atoms with Crippen LogP contribution in [0.5, 0.6) is 0 Å². The molecule has 19 heavy (non-hydrogen) atoms. The maximum atomic E-state index is 10.6. The van der Waals surface area contributed by atoms with Crippen LogP contribution in [-0.4, -0.2) is 22.7 Å². The number of hydrogen-bond acceptors (Lipinski definition) is 3. The van der Waals surface area contributed by atoms with Gasteiger partial charge in [0, 0.05) is 5.39 Å². The van der Waals surface area contributed by atoms with Gasteiger partial charge in [-0.15, -0.1) is 0 Å². The zero-order chi connectivity index (χ0) is 13.2. The number of nitrogens with zero attached hydrogens (tertiary/aromatic N) is 2. The molecule has 2 N–H and O–H groups in total. The summed E-state index contributed by atoms with van der Waals surface area (Å²) < 4.78 is 2.93. The fourth-order valence-corrected chi connectivity index (χ4v) is 3.17. The standard InChI is InChI=1S/C13H15BrN4O/c14-13-9-4-3-5-10(16-8-19)12(9)17-18(13)11-6-1-2-7-15-11/h3-5,8,11,15H,1-2,6-7H2,(H,16,19). The summed E-state index contributed by atoms with van der Waals surface area (Å²) in [6.07, 6.45) is 4.40. The minimum atomic E-state index is 0.222. The molecule has 6 heteroatoms. The number of fused-ring (bicyclic) bond motifs is 1. The average molecular weight is 323 g/mol. The molecule has 1 aromatic carbocycles. The smallest absolute Gasteiger partial charge is 0.211 e. The van der Waals surface area contributed by atoms with Crippen molar-refractivity contribution >= 4 is 38.9 Å². The van der Waals surface area contributed by atoms with Crippen LogP contribution in [0.15, 0.2) is 22.8 Å². The third-order valence-electron chi connectivity index (χ3n) is 3.46. The number of rotatable bonds is 3. The highest BCUT2D eigenvalue weighted by Crippen LogP contribution is 2.32. The van der Waals surface area contributed by atoms with E-state index >= 15 is 0 Å². The Hall–Kier alpha value is -1.40. The zero-order valence-corrected chi connectivity index (χ0v) is 12.0. The first-order valence-corrected chi connectivity index (χ1v) is 7.21. The van der Waals surface area contributed by atoms with Crippen molar-refractivity contribution in [3.05, 3.63) is 22.8 Å². The van der Waals surface area contributed by atoms with Crippen LogP contribution in [0, 0.1) is 0 Å². The molecule has 0 saturated carbocycles. The van der Waals surface area contributed by atoms with E-state index in [-0.39, 0.29) is 6.17 Å². The van der Waals surface area contributed by atoms with Crippen molar-refractivity contribution in [2.75, 3.05) is 11.9 Å². The van der Waals surface area contributed by atoms with Crippen molar-refractivity contribution < 1.29 is 4.79 Å². The summed E-state index contributed by atoms with van der Waals surface area (Å²) in [7, 11) is 0. The molecule has 1 aliphatic heterocycles. The lowest BCUT2D eigenvalue weighted by Crippen LogP contribution is -2.32. The van der Waals surface area contributed by atoms with Gasteiger partial charge in [-0.05, 0) is 53.9 Å². The number of carbonyl (C=O) groups excluding carboxylic acids is 1. The highest BCUT2D eigenvalue weighted by atomic mass is 79.9. The average Bonchev–Trinajstić information content (AvgIpc) is 2.79. The number of carbonyl (C=O) groups is 1. The van der Waals surface area contributed by atoms with E-state index in [0.29, 0.717) is 6.41 Å². The van der Waals surface area contributed by atoms with Crippen LogP contribution in [0.25, 0.3) is 10.9 Å². The number of anilines is 1. The molecule has 0 aliphatic carbocycles. The van der Waals surface area contributed by atoms with Gasteiger partial charge in [-0.1, -0.05) is 6.07 Å². The van der Waals surface area contributed by atoms with E-state index in [4.69, 9.17) is 0 Å². The molecule has 1 atom stereocenters. The van der Waals surface area contributed by atoms with E-state index in [1.165, 1.54) is 12.8 Å². The van der Waals surface area contributed by atoms with E-state index in [9.17, 15) is 4.79 Å². The normalized spacial score (nSPS) is 19.5. The lowest BCUT2D eigenvalue weighted by atomic mass is 10.1. The molecule has 1 unspecified atom stereocenters. The lowest BCUT2D eigenvalue weighted by molar-refractivity contribution is -0.105. The highest BCUT2D eigenvalue weighted by molar-refractivity contribution is 9.10. The Morgan fingerprint density at radius 1 is 1.47 bits per heavy atom. The summed E-state index contributed by atoms with van der Waals surface area (Å²) in [6.45, 7) is 1.02. The molecule has 1 fully saturated rings. The van der Waals surface area contributed by atoms with Crippen molar-refractivity contribution in [1.29, 1.82) is 0 Å². The van der Waals surface area contributed by atoms with Gasteiger partial charge in [0.1, 0.15) is 16.3 Å². The molecular weight excluding hydrogens is 308 g/mol. The minimum Gasteiger partial charge on any atom is -0.327 e. The van der Waals surface area contributed by atoms with Gasteiger partial charge in [0.25, 0.3) is 0 Å². The quantitative estimate of drug-likeness (QED) is 0.854. The molecule has 2 heterocycles. The van der Waals surface area contributed by atoms with Gasteiger partial charge < -0.3 is 5.32 Å². The second-order valence-corrected chi connectivity index (χ2v) is 5.42. The SMILES string of the molecule is O=CNc1cccc2c(Br)n(C3CCCCN3)nc12. The third kappa shape index (κ3) is 2.26. The van der Waals surface area contributed by atoms with Gasteiger partial charge in [-0.25, -0.2) is 4.68 Å². The topological polar surface area (TPSA) is 59.0 Å². The van der Waals surface area contributed by atoms with E-state index in [2.05, 4.69) is 31.7 Å². The van der Waals surface area contributed by atoms with Crippen LogP contribution in [0.2, 0.25) is 0 Å². The van der Waals surface area contributed by atoms with Crippen LogP contribution in [0.1, 0.15) is 25.4 Å². The summed E-state index contributed by atoms with van der Waals surface area (Å²) in [5.41, 5.74) is 1.55. The number of amides is 1. The second-order valence-electron chi connectivity index (χ2n) is 4.67. The van der Waals surface area contributed by atoms with Crippen LogP contribution in [-0.2, 0) is 4.79 Å². The van der Waals surface area contributed by atoms with Crippen molar-refractivity contribution in [2.45, 2.75) is 25.4 Å². The van der Waals surface area contributed by atoms with Crippen molar-refractivity contribution in [1.82, 2.24) is 15.1 Å². The van der Waals surface area contributed by atoms with Crippen molar-refractivity contribution in [2.24, 2.45) is 0 Å². The van der Waals surface area contributed by atoms with Crippen LogP contribution in [0.3, 0.4) is 0 Å². The molecule has 1 aliphatic rings. The first-order valence-electron chi connectivity index (χ1n) is 6.41. The highest BCUT2D eigenvalue weighted by Gasteiger charge is 2.20. The Morgan fingerprint density at radius 2 is 2.37 bits per heavy atom. The van der Waals surface area contributed by atoms with Gasteiger partial charge in [0.05, 0.1) is 5.69 Å². The van der Waals surface area contributed by atoms with Crippen LogP contribution in [0.4, 0.5) is 5.69 Å². The van der Waals surface area contributed by atoms with Crippen molar-refractivity contribution in [3.8, 4) is 0 Å². The molecule has 0 radical (unpaired) electrons. The third-order valence-corrected chi connectivity index (χ3v) is 4.25. The predicted octanol–water partition coefficient (Wildman–Crippen LogP) is 2.64. The van der Waals surface area contributed by atoms with E-state index < -0.39 is 0 Å². The molecule has 3 rings (SSSR count). The zero-order valence-electron chi connectivity index (χ0n) is 10.4. The maximum absolute atomic E-state index is 10.6. The predicted molar refractivity (Wildman–Crippen MR) is 78.0 cm³/mol. The second kappa shape index (κ2) is 5.30. The molecule has 1 aromatic heterocycles. The Kier molecular flexibility index (Phi) is 3.52. The number of piperidine rings is 1. The summed E-state index contributed by atoms with van der Waals surface area (Å²) in [5, 5.41) is 11.8. The number of nitrogens with one attached hydrogen (secondary N) is 2. The summed E-state index contributed by atoms with van der Waals surface area (Å²) in [4.78, 5) is 10.6. The number of aromatic nitrogens is 2. The van der Waals surface area contributed by atoms with Crippen LogP contribution < -0.4 is 10.6 Å². The Morgan fingerprint density at radius 3 is 3.11 bits per heavy atom. The maximum Gasteiger partial charge on any atom is 0.211 e. The van der Waals surface area contributed by atoms with Gasteiger partial charge in [-0.3, -0.25) is 10.1 Å². The molecule has 0 spiro atoms. The molecule has 2 aromatic rings. The minimum absolute atomic E-state index is 0.222. The Labute approximate surface area is 119 Å². The van der Waals surface area contributed by atoms with Gasteiger partial charge >= 0.3 is 0 Å². The van der Waals surface area contributed by atoms with Gasteiger partial charge in [0.15, 0.2) is 0 Å². The summed E-state index contributed by atoms with van der Waals surface area (Å²) in [5.74, 6) is 0. The monoisotopic (exact) mass is 322 g/mol. The molecule has 1 saturated heterocycles. The fourth-order valence-electron chi connectivity index (χ4n) is 2.52. The van der Waals surface area contributed by atoms with Gasteiger partial charge in [-0.2, -0.15) is 5.10 Å². The largest absolute Gasteiger partial charge is 0.327 e. The molecule has 5 nitrogen and oxygen atoms in total. The van der Waals surface area contributed by atoms with Gasteiger partial charge in [0.2, 0.25) is 6.41 Å². The summed E-state index contributed by atoms with van der Waals surface area (Å²) >= 11 is 3.62. The Bertz CT molecular complexity index is 604. The number of hydrogen-bond donors (Lipinski definition) is 2. The van der Waals surface area contributed by atoms with E-state index in [0.717, 1.165) is 34.2 Å². The van der Waals surface area contributed by atoms with E-state index in [1.807, 2.05) is 22.9 Å². The first-order chi connectivity index (χ1) is 9.31. The molecule has 1 amide bonds. The van der Waals surface area contributed by atoms with Crippen molar-refractivity contribution in [3.63, 3.8) is 0 Å². The molecule has 0 bridgehead atoms. The Balaban J connectivity index is 2.08. The van der Waals surface area contributed by atoms with E-state index in [1.54, 1.807) is 0 Å².